The van der Waals surface area contributed by atoms with Crippen LogP contribution in [0.15, 0.2) is 12.2 Å². The van der Waals surface area contributed by atoms with Gasteiger partial charge < -0.3 is 19.8 Å². The average Bonchev–Trinajstić information content (AvgIpc) is 3.15. The Hall–Kier alpha value is -0.760. The number of amides is 1. The lowest BCUT2D eigenvalue weighted by atomic mass is 10.0. The van der Waals surface area contributed by atoms with Gasteiger partial charge in [-0.15, -0.1) is 0 Å². The van der Waals surface area contributed by atoms with E-state index in [2.05, 4.69) is 31.3 Å². The Morgan fingerprint density at radius 2 is 0.964 bits per heavy atom. The van der Waals surface area contributed by atoms with E-state index in [1.807, 2.05) is 21.1 Å². The molecule has 0 heterocycles. The third-order valence-corrected chi connectivity index (χ3v) is 12.0. The molecule has 0 rings (SSSR count). The predicted octanol–water partition coefficient (Wildman–Crippen LogP) is 13.5. The summed E-state index contributed by atoms with van der Waals surface area (Å²) in [7, 11) is 1.62. The van der Waals surface area contributed by atoms with Gasteiger partial charge in [-0.1, -0.05) is 199 Å². The number of nitrogens with zero attached hydrogens (tertiary/aromatic N) is 1. The molecule has 334 valence electrons. The van der Waals surface area contributed by atoms with Crippen molar-refractivity contribution in [1.29, 1.82) is 0 Å². The van der Waals surface area contributed by atoms with Crippen LogP contribution >= 0.6 is 7.82 Å². The van der Waals surface area contributed by atoms with Gasteiger partial charge in [0.15, 0.2) is 0 Å². The van der Waals surface area contributed by atoms with Gasteiger partial charge in [-0.3, -0.25) is 13.8 Å². The lowest BCUT2D eigenvalue weighted by Gasteiger charge is -2.26. The molecule has 0 aliphatic heterocycles. The van der Waals surface area contributed by atoms with Crippen LogP contribution in [0.4, 0.5) is 0 Å². The number of phosphoric ester groups is 1. The maximum Gasteiger partial charge on any atom is 0.472 e. The highest BCUT2D eigenvalue weighted by atomic mass is 31.2. The van der Waals surface area contributed by atoms with Gasteiger partial charge in [-0.2, -0.15) is 0 Å². The number of aliphatic hydroxyl groups is 1. The van der Waals surface area contributed by atoms with Gasteiger partial charge in [0.25, 0.3) is 0 Å². The first-order valence-corrected chi connectivity index (χ1v) is 25.5. The maximum atomic E-state index is 12.7. The predicted molar refractivity (Wildman–Crippen MR) is 240 cm³/mol. The van der Waals surface area contributed by atoms with Crippen LogP contribution < -0.4 is 5.32 Å². The van der Waals surface area contributed by atoms with Crippen LogP contribution in [0, 0.1) is 0 Å². The number of hydrogen-bond donors (Lipinski definition) is 3. The second-order valence-electron chi connectivity index (χ2n) is 17.8. The number of likely N-dealkylation sites (N-methyl/N-ethyl adjacent to an activating group) is 1. The summed E-state index contributed by atoms with van der Waals surface area (Å²) in [6.07, 6.45) is 46.4. The number of nitrogens with one attached hydrogen (secondary N) is 1. The zero-order chi connectivity index (χ0) is 41.4. The zero-order valence-electron chi connectivity index (χ0n) is 37.9. The van der Waals surface area contributed by atoms with Crippen LogP contribution in [0.2, 0.25) is 0 Å². The highest BCUT2D eigenvalue weighted by Crippen LogP contribution is 2.43. The number of phosphoric acid groups is 1. The number of aliphatic hydroxyl groups excluding tert-OH is 1. The Morgan fingerprint density at radius 1 is 0.589 bits per heavy atom. The number of carbonyl (C=O) groups is 1. The average molecular weight is 816 g/mol. The topological polar surface area (TPSA) is 105 Å². The van der Waals surface area contributed by atoms with E-state index in [0.717, 1.165) is 38.5 Å². The molecule has 8 nitrogen and oxygen atoms in total. The highest BCUT2D eigenvalue weighted by Gasteiger charge is 2.28. The van der Waals surface area contributed by atoms with E-state index >= 15 is 0 Å². The number of rotatable bonds is 44. The minimum absolute atomic E-state index is 0.0754. The number of unbranched alkanes of at least 4 members (excludes halogenated alkanes) is 29. The van der Waals surface area contributed by atoms with Gasteiger partial charge in [0, 0.05) is 6.42 Å². The normalized spacial score (nSPS) is 14.3. The van der Waals surface area contributed by atoms with Crippen LogP contribution in [0.5, 0.6) is 0 Å². The van der Waals surface area contributed by atoms with E-state index in [1.165, 1.54) is 167 Å². The maximum absolute atomic E-state index is 12.7. The molecule has 0 radical (unpaired) electrons. The SMILES string of the molecule is CCCCCCCCCC/C=C\CCCCCCCCCCCCCCCCCCCCCC(=O)NC(COP(=O)(O)OCC[N+](C)(C)C)C(O)CCCCC. The van der Waals surface area contributed by atoms with Gasteiger partial charge >= 0.3 is 7.82 Å². The molecule has 0 spiro atoms. The summed E-state index contributed by atoms with van der Waals surface area (Å²) in [6.45, 7) is 4.74. The van der Waals surface area contributed by atoms with Crippen molar-refractivity contribution in [3.63, 3.8) is 0 Å². The van der Waals surface area contributed by atoms with Crippen molar-refractivity contribution in [3.8, 4) is 0 Å². The fourth-order valence-corrected chi connectivity index (χ4v) is 7.89. The summed E-state index contributed by atoms with van der Waals surface area (Å²) in [5.41, 5.74) is 0. The quantitative estimate of drug-likeness (QED) is 0.0245. The van der Waals surface area contributed by atoms with E-state index in [-0.39, 0.29) is 19.1 Å². The largest absolute Gasteiger partial charge is 0.472 e. The molecular formula is C47H96N2O6P+. The molecule has 9 heteroatoms. The molecule has 56 heavy (non-hydrogen) atoms. The summed E-state index contributed by atoms with van der Waals surface area (Å²) >= 11 is 0. The van der Waals surface area contributed by atoms with Crippen LogP contribution in [-0.2, 0) is 18.4 Å². The molecule has 0 aliphatic carbocycles. The Morgan fingerprint density at radius 3 is 1.38 bits per heavy atom. The van der Waals surface area contributed by atoms with E-state index in [1.54, 1.807) is 0 Å². The minimum Gasteiger partial charge on any atom is -0.391 e. The molecule has 0 aromatic carbocycles. The fraction of sp³-hybridized carbons (Fsp3) is 0.936. The first kappa shape index (κ1) is 55.2. The molecule has 3 atom stereocenters. The van der Waals surface area contributed by atoms with Crippen molar-refractivity contribution in [1.82, 2.24) is 5.32 Å². The van der Waals surface area contributed by atoms with E-state index in [9.17, 15) is 19.4 Å². The Labute approximate surface area is 348 Å². The molecule has 0 bridgehead atoms. The molecule has 3 unspecified atom stereocenters. The van der Waals surface area contributed by atoms with Crippen molar-refractivity contribution >= 4 is 13.7 Å². The zero-order valence-corrected chi connectivity index (χ0v) is 38.8. The van der Waals surface area contributed by atoms with Crippen molar-refractivity contribution in [3.05, 3.63) is 12.2 Å². The van der Waals surface area contributed by atoms with Crippen LogP contribution in [-0.4, -0.2) is 73.4 Å². The van der Waals surface area contributed by atoms with Gasteiger partial charge in [0.2, 0.25) is 5.91 Å². The van der Waals surface area contributed by atoms with E-state index in [0.29, 0.717) is 23.9 Å². The van der Waals surface area contributed by atoms with Crippen molar-refractivity contribution in [2.75, 3.05) is 40.9 Å². The third-order valence-electron chi connectivity index (χ3n) is 11.0. The highest BCUT2D eigenvalue weighted by molar-refractivity contribution is 7.47. The Balaban J connectivity index is 3.70. The molecule has 0 aromatic rings. The first-order chi connectivity index (χ1) is 27.0. The number of carbonyl (C=O) groups excluding carboxylic acids is 1. The second kappa shape index (κ2) is 39.7. The fourth-order valence-electron chi connectivity index (χ4n) is 7.16. The summed E-state index contributed by atoms with van der Waals surface area (Å²) < 4.78 is 23.3. The Kier molecular flexibility index (Phi) is 39.1. The van der Waals surface area contributed by atoms with Crippen molar-refractivity contribution < 1.29 is 32.9 Å². The minimum atomic E-state index is -4.29. The summed E-state index contributed by atoms with van der Waals surface area (Å²) in [5.74, 6) is -0.152. The van der Waals surface area contributed by atoms with Gasteiger partial charge in [-0.05, 0) is 38.5 Å². The monoisotopic (exact) mass is 816 g/mol. The molecule has 0 aromatic heterocycles. The molecule has 0 fully saturated rings. The second-order valence-corrected chi connectivity index (χ2v) is 19.3. The van der Waals surface area contributed by atoms with Gasteiger partial charge in [0.05, 0.1) is 39.9 Å². The molecule has 0 saturated carbocycles. The van der Waals surface area contributed by atoms with E-state index in [4.69, 9.17) is 9.05 Å². The molecule has 0 saturated heterocycles. The molecule has 3 N–H and O–H groups in total. The third kappa shape index (κ3) is 41.4. The first-order valence-electron chi connectivity index (χ1n) is 24.1. The van der Waals surface area contributed by atoms with E-state index < -0.39 is 20.0 Å². The standard InChI is InChI=1S/C47H95N2O6P/c1-6-8-10-11-12-13-14-15-16-17-18-19-20-21-22-23-24-25-26-27-28-29-30-31-32-33-34-35-36-37-39-41-47(51)48-45(46(50)40-38-9-7-2)44-55-56(52,53)54-43-42-49(3,4)5/h17-18,45-46,50H,6-16,19-44H2,1-5H3,(H-,48,51,52,53)/p+1/b18-17-. The summed E-state index contributed by atoms with van der Waals surface area (Å²) in [5, 5.41) is 13.6. The summed E-state index contributed by atoms with van der Waals surface area (Å²) in [4.78, 5) is 22.8. The van der Waals surface area contributed by atoms with Gasteiger partial charge in [0.1, 0.15) is 13.2 Å². The van der Waals surface area contributed by atoms with Gasteiger partial charge in [-0.25, -0.2) is 4.57 Å². The summed E-state index contributed by atoms with van der Waals surface area (Å²) in [6, 6.07) is -0.751. The lowest BCUT2D eigenvalue weighted by Crippen LogP contribution is -2.46. The number of quaternary nitrogens is 1. The molecule has 1 amide bonds. The van der Waals surface area contributed by atoms with Crippen LogP contribution in [0.25, 0.3) is 0 Å². The smallest absolute Gasteiger partial charge is 0.391 e. The number of allylic oxidation sites excluding steroid dienone is 2. The Bertz CT molecular complexity index is 927. The number of hydrogen-bond acceptors (Lipinski definition) is 5. The van der Waals surface area contributed by atoms with Crippen LogP contribution in [0.1, 0.15) is 232 Å². The van der Waals surface area contributed by atoms with Crippen LogP contribution in [0.3, 0.4) is 0 Å². The molecular weight excluding hydrogens is 719 g/mol. The molecule has 0 aliphatic rings. The van der Waals surface area contributed by atoms with Crippen molar-refractivity contribution in [2.45, 2.75) is 244 Å². The van der Waals surface area contributed by atoms with Crippen molar-refractivity contribution in [2.24, 2.45) is 0 Å². The lowest BCUT2D eigenvalue weighted by molar-refractivity contribution is -0.870.